The Kier molecular flexibility index (Phi) is 6.64. The molecule has 0 bridgehead atoms. The standard InChI is InChI=1S/C23H24Cl2F3N5O3/c1-21(2,3)36-20(34)33-10-13(11-33)23(35,17-9-29-31-32(17)4)12-5-6-16-14(7-12)18(24)15(19(25)30-16)8-22(26,27)28/h5-7,9,13,35H,8,10-11H2,1-4H3. The molecule has 1 unspecified atom stereocenters. The summed E-state index contributed by atoms with van der Waals surface area (Å²) in [5.41, 5.74) is -1.78. The lowest BCUT2D eigenvalue weighted by Gasteiger charge is -2.47. The Morgan fingerprint density at radius 2 is 1.89 bits per heavy atom. The Bertz CT molecular complexity index is 1320. The smallest absolute Gasteiger partial charge is 0.410 e. The maximum atomic E-state index is 13.1. The number of carbonyl (C=O) groups is 1. The normalized spacial score (nSPS) is 16.7. The second-order valence-electron chi connectivity index (χ2n) is 9.81. The predicted octanol–water partition coefficient (Wildman–Crippen LogP) is 4.88. The van der Waals surface area contributed by atoms with E-state index in [-0.39, 0.29) is 39.7 Å². The molecule has 13 heteroatoms. The molecule has 0 saturated carbocycles. The Labute approximate surface area is 214 Å². The highest BCUT2D eigenvalue weighted by Crippen LogP contribution is 2.43. The number of aliphatic hydroxyl groups is 1. The summed E-state index contributed by atoms with van der Waals surface area (Å²) in [6.07, 6.45) is -5.00. The minimum atomic E-state index is -4.54. The van der Waals surface area contributed by atoms with E-state index in [1.54, 1.807) is 33.9 Å². The van der Waals surface area contributed by atoms with Gasteiger partial charge in [0.15, 0.2) is 0 Å². The van der Waals surface area contributed by atoms with Crippen LogP contribution in [0, 0.1) is 5.92 Å². The van der Waals surface area contributed by atoms with Crippen molar-refractivity contribution in [3.05, 3.63) is 51.4 Å². The number of benzene rings is 1. The number of aromatic nitrogens is 4. The zero-order valence-electron chi connectivity index (χ0n) is 19.9. The van der Waals surface area contributed by atoms with Crippen LogP contribution in [0.1, 0.15) is 37.6 Å². The van der Waals surface area contributed by atoms with E-state index in [0.717, 1.165) is 0 Å². The molecule has 1 aromatic carbocycles. The molecule has 1 aliphatic rings. The van der Waals surface area contributed by atoms with E-state index >= 15 is 0 Å². The molecule has 0 radical (unpaired) electrons. The van der Waals surface area contributed by atoms with Crippen molar-refractivity contribution in [3.63, 3.8) is 0 Å². The molecule has 3 heterocycles. The molecule has 8 nitrogen and oxygen atoms in total. The van der Waals surface area contributed by atoms with Crippen LogP contribution in [0.15, 0.2) is 24.4 Å². The van der Waals surface area contributed by atoms with Crippen molar-refractivity contribution in [3.8, 4) is 0 Å². The van der Waals surface area contributed by atoms with Gasteiger partial charge >= 0.3 is 12.3 Å². The van der Waals surface area contributed by atoms with Gasteiger partial charge in [-0.15, -0.1) is 5.10 Å². The zero-order valence-corrected chi connectivity index (χ0v) is 21.4. The van der Waals surface area contributed by atoms with E-state index in [4.69, 9.17) is 27.9 Å². The second kappa shape index (κ2) is 9.04. The van der Waals surface area contributed by atoms with Crippen molar-refractivity contribution in [1.29, 1.82) is 0 Å². The van der Waals surface area contributed by atoms with Gasteiger partial charge in [-0.1, -0.05) is 34.5 Å². The number of alkyl halides is 3. The van der Waals surface area contributed by atoms with Crippen molar-refractivity contribution in [2.75, 3.05) is 13.1 Å². The number of nitrogens with zero attached hydrogens (tertiary/aromatic N) is 5. The lowest BCUT2D eigenvalue weighted by atomic mass is 9.74. The number of carbonyl (C=O) groups excluding carboxylic acids is 1. The van der Waals surface area contributed by atoms with Crippen LogP contribution < -0.4 is 0 Å². The van der Waals surface area contributed by atoms with Gasteiger partial charge in [0.05, 0.1) is 28.9 Å². The lowest BCUT2D eigenvalue weighted by Crippen LogP contribution is -2.59. The lowest BCUT2D eigenvalue weighted by molar-refractivity contribution is -0.127. The molecular formula is C23H24Cl2F3N5O3. The van der Waals surface area contributed by atoms with Gasteiger partial charge in [-0.05, 0) is 38.5 Å². The molecule has 1 amide bonds. The SMILES string of the molecule is Cn1nncc1C(O)(c1ccc2nc(Cl)c(CC(F)(F)F)c(Cl)c2c1)C1CN(C(=O)OC(C)(C)C)C1. The van der Waals surface area contributed by atoms with E-state index in [2.05, 4.69) is 15.3 Å². The number of hydrogen-bond donors (Lipinski definition) is 1. The average molecular weight is 546 g/mol. The third-order valence-corrected chi connectivity index (χ3v) is 6.76. The van der Waals surface area contributed by atoms with Gasteiger partial charge in [0.1, 0.15) is 16.4 Å². The van der Waals surface area contributed by atoms with Crippen LogP contribution in [0.3, 0.4) is 0 Å². The van der Waals surface area contributed by atoms with Crippen LogP contribution in [0.25, 0.3) is 10.9 Å². The quantitative estimate of drug-likeness (QED) is 0.469. The number of halogens is 5. The molecule has 1 fully saturated rings. The van der Waals surface area contributed by atoms with E-state index in [0.29, 0.717) is 11.3 Å². The fourth-order valence-corrected chi connectivity index (χ4v) is 4.88. The topological polar surface area (TPSA) is 93.4 Å². The maximum Gasteiger partial charge on any atom is 0.410 e. The highest BCUT2D eigenvalue weighted by atomic mass is 35.5. The summed E-state index contributed by atoms with van der Waals surface area (Å²) in [4.78, 5) is 18.0. The van der Waals surface area contributed by atoms with Crippen LogP contribution >= 0.6 is 23.2 Å². The number of likely N-dealkylation sites (tertiary alicyclic amines) is 1. The summed E-state index contributed by atoms with van der Waals surface area (Å²) in [6, 6.07) is 4.61. The number of hydrogen-bond acceptors (Lipinski definition) is 6. The van der Waals surface area contributed by atoms with Crippen molar-refractivity contribution in [2.45, 2.75) is 44.6 Å². The average Bonchev–Trinajstić information content (AvgIpc) is 3.14. The van der Waals surface area contributed by atoms with Crippen molar-refractivity contribution in [1.82, 2.24) is 24.9 Å². The summed E-state index contributed by atoms with van der Waals surface area (Å²) < 4.78 is 46.2. The van der Waals surface area contributed by atoms with Crippen LogP contribution in [0.4, 0.5) is 18.0 Å². The molecule has 1 aliphatic heterocycles. The molecule has 0 aliphatic carbocycles. The number of fused-ring (bicyclic) bond motifs is 1. The summed E-state index contributed by atoms with van der Waals surface area (Å²) in [7, 11) is 1.61. The molecule has 0 spiro atoms. The first kappa shape index (κ1) is 26.4. The summed E-state index contributed by atoms with van der Waals surface area (Å²) in [5.74, 6) is -0.492. The Morgan fingerprint density at radius 3 is 2.44 bits per heavy atom. The van der Waals surface area contributed by atoms with Crippen molar-refractivity contribution < 1.29 is 27.8 Å². The van der Waals surface area contributed by atoms with Crippen molar-refractivity contribution >= 4 is 40.2 Å². The van der Waals surface area contributed by atoms with Gasteiger partial charge in [-0.25, -0.2) is 14.5 Å². The summed E-state index contributed by atoms with van der Waals surface area (Å²) in [6.45, 7) is 5.60. The first-order valence-electron chi connectivity index (χ1n) is 11.0. The van der Waals surface area contributed by atoms with Crippen LogP contribution in [-0.4, -0.2) is 60.9 Å². The fraction of sp³-hybridized carbons (Fsp3) is 0.478. The van der Waals surface area contributed by atoms with Gasteiger partial charge in [0.25, 0.3) is 0 Å². The van der Waals surface area contributed by atoms with Crippen LogP contribution in [-0.2, 0) is 23.8 Å². The maximum absolute atomic E-state index is 13.1. The number of rotatable bonds is 4. The highest BCUT2D eigenvalue weighted by Gasteiger charge is 2.50. The number of ether oxygens (including phenoxy) is 1. The van der Waals surface area contributed by atoms with Crippen molar-refractivity contribution in [2.24, 2.45) is 13.0 Å². The first-order valence-corrected chi connectivity index (χ1v) is 11.8. The number of aryl methyl sites for hydroxylation is 1. The second-order valence-corrected chi connectivity index (χ2v) is 10.5. The monoisotopic (exact) mass is 545 g/mol. The van der Waals surface area contributed by atoms with Gasteiger partial charge in [0, 0.05) is 37.0 Å². The fourth-order valence-electron chi connectivity index (χ4n) is 4.27. The Balaban J connectivity index is 1.77. The van der Waals surface area contributed by atoms with Crippen LogP contribution in [0.5, 0.6) is 0 Å². The molecule has 1 atom stereocenters. The summed E-state index contributed by atoms with van der Waals surface area (Å²) in [5, 5.41) is 19.5. The predicted molar refractivity (Wildman–Crippen MR) is 127 cm³/mol. The largest absolute Gasteiger partial charge is 0.444 e. The minimum Gasteiger partial charge on any atom is -0.444 e. The third kappa shape index (κ3) is 4.96. The molecular weight excluding hydrogens is 522 g/mol. The molecule has 4 rings (SSSR count). The molecule has 1 saturated heterocycles. The molecule has 3 aromatic rings. The van der Waals surface area contributed by atoms with Crippen LogP contribution in [0.2, 0.25) is 10.2 Å². The van der Waals surface area contributed by atoms with Gasteiger partial charge in [0.2, 0.25) is 0 Å². The first-order chi connectivity index (χ1) is 16.6. The van der Waals surface area contributed by atoms with Gasteiger partial charge in [-0.2, -0.15) is 13.2 Å². The minimum absolute atomic E-state index is 0.167. The Hall–Kier alpha value is -2.63. The third-order valence-electron chi connectivity index (χ3n) is 6.01. The zero-order chi connectivity index (χ0) is 26.6. The Morgan fingerprint density at radius 1 is 1.22 bits per heavy atom. The van der Waals surface area contributed by atoms with Gasteiger partial charge in [-0.3, -0.25) is 0 Å². The molecule has 2 aromatic heterocycles. The van der Waals surface area contributed by atoms with Gasteiger partial charge < -0.3 is 14.7 Å². The van der Waals surface area contributed by atoms with E-state index in [1.807, 2.05) is 0 Å². The number of amides is 1. The van der Waals surface area contributed by atoms with E-state index in [1.165, 1.54) is 27.9 Å². The van der Waals surface area contributed by atoms with E-state index in [9.17, 15) is 23.1 Å². The number of pyridine rings is 1. The molecule has 1 N–H and O–H groups in total. The van der Waals surface area contributed by atoms with E-state index < -0.39 is 35.8 Å². The summed E-state index contributed by atoms with van der Waals surface area (Å²) >= 11 is 12.4. The highest BCUT2D eigenvalue weighted by molar-refractivity contribution is 6.39. The molecule has 194 valence electrons. The molecule has 36 heavy (non-hydrogen) atoms.